The van der Waals surface area contributed by atoms with Crippen LogP contribution >= 0.6 is 0 Å². The number of halogens is 1. The van der Waals surface area contributed by atoms with E-state index in [0.29, 0.717) is 5.56 Å². The van der Waals surface area contributed by atoms with E-state index in [-0.39, 0.29) is 18.7 Å². The highest BCUT2D eigenvalue weighted by molar-refractivity contribution is 5.94. The van der Waals surface area contributed by atoms with Gasteiger partial charge in [0.05, 0.1) is 11.8 Å². The molecule has 3 N–H and O–H groups in total. The van der Waals surface area contributed by atoms with Gasteiger partial charge in [0.1, 0.15) is 12.4 Å². The van der Waals surface area contributed by atoms with Crippen LogP contribution in [0.2, 0.25) is 0 Å². The molecular formula is C15H14FN3O2. The summed E-state index contributed by atoms with van der Waals surface area (Å²) >= 11 is 0. The van der Waals surface area contributed by atoms with E-state index in [1.165, 1.54) is 18.2 Å². The number of hydrogen-bond acceptors (Lipinski definition) is 3. The van der Waals surface area contributed by atoms with Crippen molar-refractivity contribution in [3.8, 4) is 11.8 Å². The molecule has 1 aromatic heterocycles. The Morgan fingerprint density at radius 1 is 1.52 bits per heavy atom. The fourth-order valence-corrected chi connectivity index (χ4v) is 1.74. The van der Waals surface area contributed by atoms with E-state index in [4.69, 9.17) is 5.11 Å². The van der Waals surface area contributed by atoms with Crippen LogP contribution in [0.3, 0.4) is 0 Å². The van der Waals surface area contributed by atoms with E-state index in [0.717, 1.165) is 11.3 Å². The van der Waals surface area contributed by atoms with E-state index in [1.807, 2.05) is 6.92 Å². The second-order valence-corrected chi connectivity index (χ2v) is 4.36. The zero-order valence-corrected chi connectivity index (χ0v) is 11.4. The molecule has 2 aromatic rings. The highest BCUT2D eigenvalue weighted by atomic mass is 19.1. The van der Waals surface area contributed by atoms with E-state index < -0.39 is 11.7 Å². The maximum absolute atomic E-state index is 13.9. The molecule has 0 saturated heterocycles. The van der Waals surface area contributed by atoms with E-state index >= 15 is 0 Å². The Morgan fingerprint density at radius 3 is 2.95 bits per heavy atom. The molecule has 0 spiro atoms. The van der Waals surface area contributed by atoms with Crippen LogP contribution in [-0.4, -0.2) is 27.8 Å². The predicted molar refractivity (Wildman–Crippen MR) is 74.9 cm³/mol. The number of benzene rings is 1. The number of hydrogen-bond donors (Lipinski definition) is 3. The lowest BCUT2D eigenvalue weighted by molar-refractivity contribution is 0.0947. The minimum atomic E-state index is -0.652. The Morgan fingerprint density at radius 2 is 2.33 bits per heavy atom. The zero-order valence-electron chi connectivity index (χ0n) is 11.4. The van der Waals surface area contributed by atoms with Gasteiger partial charge in [-0.3, -0.25) is 9.89 Å². The van der Waals surface area contributed by atoms with Crippen molar-refractivity contribution in [2.24, 2.45) is 0 Å². The normalized spacial score (nSPS) is 9.86. The molecule has 2 rings (SSSR count). The third-order valence-electron chi connectivity index (χ3n) is 2.90. The number of rotatable bonds is 3. The summed E-state index contributed by atoms with van der Waals surface area (Å²) < 4.78 is 13.9. The molecule has 0 saturated carbocycles. The lowest BCUT2D eigenvalue weighted by Gasteiger charge is -2.06. The summed E-state index contributed by atoms with van der Waals surface area (Å²) in [4.78, 5) is 11.9. The van der Waals surface area contributed by atoms with Crippen molar-refractivity contribution in [1.82, 2.24) is 15.5 Å². The van der Waals surface area contributed by atoms with Gasteiger partial charge in [0, 0.05) is 23.4 Å². The van der Waals surface area contributed by atoms with Crippen molar-refractivity contribution >= 4 is 5.91 Å². The number of nitrogens with one attached hydrogen (secondary N) is 2. The predicted octanol–water partition coefficient (Wildman–Crippen LogP) is 1.13. The number of aliphatic hydroxyl groups is 1. The van der Waals surface area contributed by atoms with Gasteiger partial charge in [0.2, 0.25) is 0 Å². The minimum Gasteiger partial charge on any atom is -0.384 e. The molecule has 5 nitrogen and oxygen atoms in total. The van der Waals surface area contributed by atoms with Crippen molar-refractivity contribution in [2.45, 2.75) is 13.5 Å². The number of aliphatic hydroxyl groups excluding tert-OH is 1. The quantitative estimate of drug-likeness (QED) is 0.741. The Bertz CT molecular complexity index is 713. The molecule has 0 fully saturated rings. The van der Waals surface area contributed by atoms with Gasteiger partial charge in [-0.2, -0.15) is 5.10 Å². The molecule has 21 heavy (non-hydrogen) atoms. The summed E-state index contributed by atoms with van der Waals surface area (Å²) in [5.74, 6) is 3.84. The Kier molecular flexibility index (Phi) is 4.69. The highest BCUT2D eigenvalue weighted by Crippen LogP contribution is 2.10. The standard InChI is InChI=1S/C15H14FN3O2/c1-10-12(9-18-19-10)8-17-15(21)13-5-4-11(3-2-6-20)7-14(13)16/h4-5,7,9,20H,6,8H2,1H3,(H,17,21)(H,18,19). The molecule has 0 radical (unpaired) electrons. The Hall–Kier alpha value is -2.65. The first-order chi connectivity index (χ1) is 10.1. The van der Waals surface area contributed by atoms with Crippen molar-refractivity contribution in [2.75, 3.05) is 6.61 Å². The molecule has 0 bridgehead atoms. The summed E-state index contributed by atoms with van der Waals surface area (Å²) in [7, 11) is 0. The van der Waals surface area contributed by atoms with E-state index in [2.05, 4.69) is 27.4 Å². The summed E-state index contributed by atoms with van der Waals surface area (Å²) in [6.07, 6.45) is 1.61. The van der Waals surface area contributed by atoms with Crippen LogP contribution in [0.4, 0.5) is 4.39 Å². The molecule has 1 heterocycles. The van der Waals surface area contributed by atoms with Crippen molar-refractivity contribution < 1.29 is 14.3 Å². The van der Waals surface area contributed by atoms with Crippen LogP contribution in [0.15, 0.2) is 24.4 Å². The smallest absolute Gasteiger partial charge is 0.254 e. The zero-order chi connectivity index (χ0) is 15.2. The van der Waals surface area contributed by atoms with Gasteiger partial charge in [-0.1, -0.05) is 11.8 Å². The number of nitrogens with zero attached hydrogens (tertiary/aromatic N) is 1. The molecule has 1 aromatic carbocycles. The third kappa shape index (κ3) is 3.68. The van der Waals surface area contributed by atoms with Gasteiger partial charge < -0.3 is 10.4 Å². The molecule has 0 unspecified atom stereocenters. The van der Waals surface area contributed by atoms with Gasteiger partial charge in [-0.25, -0.2) is 4.39 Å². The highest BCUT2D eigenvalue weighted by Gasteiger charge is 2.12. The number of carbonyl (C=O) groups is 1. The lowest BCUT2D eigenvalue weighted by Crippen LogP contribution is -2.24. The number of aromatic nitrogens is 2. The summed E-state index contributed by atoms with van der Waals surface area (Å²) in [5.41, 5.74) is 2.05. The number of aromatic amines is 1. The maximum atomic E-state index is 13.9. The molecule has 108 valence electrons. The molecule has 0 aliphatic heterocycles. The fourth-order valence-electron chi connectivity index (χ4n) is 1.74. The van der Waals surface area contributed by atoms with Crippen molar-refractivity contribution in [3.05, 3.63) is 52.6 Å². The van der Waals surface area contributed by atoms with Crippen LogP contribution < -0.4 is 5.32 Å². The van der Waals surface area contributed by atoms with E-state index in [1.54, 1.807) is 6.20 Å². The molecule has 0 aliphatic rings. The van der Waals surface area contributed by atoms with Crippen LogP contribution in [0.25, 0.3) is 0 Å². The first-order valence-corrected chi connectivity index (χ1v) is 6.28. The number of H-pyrrole nitrogens is 1. The fraction of sp³-hybridized carbons (Fsp3) is 0.200. The van der Waals surface area contributed by atoms with Crippen molar-refractivity contribution in [1.29, 1.82) is 0 Å². The summed E-state index contributed by atoms with van der Waals surface area (Å²) in [6.45, 7) is 1.81. The molecule has 1 amide bonds. The molecular weight excluding hydrogens is 273 g/mol. The molecule has 0 atom stereocenters. The van der Waals surface area contributed by atoms with E-state index in [9.17, 15) is 9.18 Å². The van der Waals surface area contributed by atoms with Gasteiger partial charge in [0.15, 0.2) is 0 Å². The number of aryl methyl sites for hydroxylation is 1. The minimum absolute atomic E-state index is 0.0503. The average molecular weight is 287 g/mol. The van der Waals surface area contributed by atoms with Crippen LogP contribution in [-0.2, 0) is 6.54 Å². The second kappa shape index (κ2) is 6.68. The first-order valence-electron chi connectivity index (χ1n) is 6.28. The lowest BCUT2D eigenvalue weighted by atomic mass is 10.1. The monoisotopic (exact) mass is 287 g/mol. The van der Waals surface area contributed by atoms with Crippen LogP contribution in [0.5, 0.6) is 0 Å². The largest absolute Gasteiger partial charge is 0.384 e. The van der Waals surface area contributed by atoms with Gasteiger partial charge in [0.25, 0.3) is 5.91 Å². The molecule has 6 heteroatoms. The van der Waals surface area contributed by atoms with Crippen LogP contribution in [0, 0.1) is 24.6 Å². The topological polar surface area (TPSA) is 78.0 Å². The second-order valence-electron chi connectivity index (χ2n) is 4.36. The van der Waals surface area contributed by atoms with Crippen LogP contribution in [0.1, 0.15) is 27.2 Å². The maximum Gasteiger partial charge on any atom is 0.254 e. The number of carbonyl (C=O) groups excluding carboxylic acids is 1. The Balaban J connectivity index is 2.07. The van der Waals surface area contributed by atoms with Gasteiger partial charge >= 0.3 is 0 Å². The van der Waals surface area contributed by atoms with Crippen molar-refractivity contribution in [3.63, 3.8) is 0 Å². The third-order valence-corrected chi connectivity index (χ3v) is 2.90. The Labute approximate surface area is 121 Å². The summed E-state index contributed by atoms with van der Waals surface area (Å²) in [6, 6.07) is 4.07. The summed E-state index contributed by atoms with van der Waals surface area (Å²) in [5, 5.41) is 17.8. The average Bonchev–Trinajstić information content (AvgIpc) is 2.88. The number of amides is 1. The van der Waals surface area contributed by atoms with Gasteiger partial charge in [-0.15, -0.1) is 0 Å². The molecule has 0 aliphatic carbocycles. The first kappa shape index (κ1) is 14.8. The SMILES string of the molecule is Cc1[nH]ncc1CNC(=O)c1ccc(C#CCO)cc1F. The van der Waals surface area contributed by atoms with Gasteiger partial charge in [-0.05, 0) is 25.1 Å².